The molecular weight excluding hydrogens is 461 g/mol. The average Bonchev–Trinajstić information content (AvgIpc) is 3.11. The van der Waals surface area contributed by atoms with Crippen LogP contribution in [0.25, 0.3) is 20.7 Å². The Morgan fingerprint density at radius 1 is 1.00 bits per heavy atom. The molecule has 0 aliphatic heterocycles. The fourth-order valence-corrected chi connectivity index (χ4v) is 4.42. The largest absolute Gasteiger partial charge is 0.369 e. The lowest BCUT2D eigenvalue weighted by Crippen LogP contribution is -2.27. The zero-order valence-corrected chi connectivity index (χ0v) is 22.4. The molecule has 0 fully saturated rings. The van der Waals surface area contributed by atoms with E-state index in [0.29, 0.717) is 5.95 Å². The van der Waals surface area contributed by atoms with Gasteiger partial charge in [-0.3, -0.25) is 0 Å². The third-order valence-electron chi connectivity index (χ3n) is 5.03. The Bertz CT molecular complexity index is 963. The minimum atomic E-state index is -0.0937. The number of anilines is 2. The molecule has 0 unspecified atom stereocenters. The van der Waals surface area contributed by atoms with Gasteiger partial charge in [0, 0.05) is 17.0 Å². The molecule has 0 radical (unpaired) electrons. The molecule has 178 valence electrons. The van der Waals surface area contributed by atoms with Gasteiger partial charge in [-0.1, -0.05) is 43.7 Å². The summed E-state index contributed by atoms with van der Waals surface area (Å²) in [4.78, 5) is 13.3. The summed E-state index contributed by atoms with van der Waals surface area (Å²) in [5, 5.41) is 7.02. The molecule has 2 aromatic heterocycles. The van der Waals surface area contributed by atoms with Gasteiger partial charge >= 0.3 is 0 Å². The molecule has 0 spiro atoms. The highest BCUT2D eigenvalue weighted by Crippen LogP contribution is 2.37. The zero-order chi connectivity index (χ0) is 21.7. The maximum atomic E-state index is 4.83. The molecule has 0 saturated carbocycles. The highest BCUT2D eigenvalue weighted by molar-refractivity contribution is 7.22. The highest BCUT2D eigenvalue weighted by Gasteiger charge is 2.16. The van der Waals surface area contributed by atoms with Crippen LogP contribution in [0.4, 0.5) is 11.8 Å². The van der Waals surface area contributed by atoms with Crippen molar-refractivity contribution in [2.45, 2.75) is 53.5 Å². The third-order valence-corrected chi connectivity index (χ3v) is 6.21. The van der Waals surface area contributed by atoms with Crippen LogP contribution in [0.2, 0.25) is 0 Å². The van der Waals surface area contributed by atoms with Crippen molar-refractivity contribution in [3.8, 4) is 10.4 Å². The van der Waals surface area contributed by atoms with Gasteiger partial charge in [-0.15, -0.1) is 36.2 Å². The number of halogens is 2. The van der Waals surface area contributed by atoms with Crippen molar-refractivity contribution in [3.05, 3.63) is 35.9 Å². The van der Waals surface area contributed by atoms with E-state index in [-0.39, 0.29) is 30.4 Å². The van der Waals surface area contributed by atoms with Gasteiger partial charge in [0.25, 0.3) is 0 Å². The second-order valence-corrected chi connectivity index (χ2v) is 9.82. The predicted molar refractivity (Wildman–Crippen MR) is 146 cm³/mol. The van der Waals surface area contributed by atoms with Crippen LogP contribution in [0.1, 0.15) is 46.6 Å². The van der Waals surface area contributed by atoms with E-state index in [1.165, 1.54) is 16.0 Å². The zero-order valence-electron chi connectivity index (χ0n) is 20.0. The molecule has 32 heavy (non-hydrogen) atoms. The van der Waals surface area contributed by atoms with Crippen LogP contribution in [-0.4, -0.2) is 46.6 Å². The lowest BCUT2D eigenvalue weighted by atomic mass is 10.1. The Morgan fingerprint density at radius 2 is 1.66 bits per heavy atom. The Kier molecular flexibility index (Phi) is 11.2. The molecule has 0 saturated heterocycles. The van der Waals surface area contributed by atoms with E-state index in [4.69, 9.17) is 9.97 Å². The summed E-state index contributed by atoms with van der Waals surface area (Å²) < 4.78 is 1.12. The minimum absolute atomic E-state index is 0. The number of hydrogen-bond donors (Lipinski definition) is 2. The van der Waals surface area contributed by atoms with E-state index in [0.717, 1.165) is 48.6 Å². The molecule has 0 aliphatic rings. The lowest BCUT2D eigenvalue weighted by molar-refractivity contribution is 0.303. The second-order valence-electron chi connectivity index (χ2n) is 8.77. The topological polar surface area (TPSA) is 53.1 Å². The number of aromatic nitrogens is 2. The standard InChI is InChI=1S/C24H35N5S.2ClH/c1-7-29(8-2)15-9-14-25-22-21-19(26-23(27-22)28-24(4,5)6)16-20(30-21)18-12-10-17(3)11-13-18;;/h10-13,16H,7-9,14-15H2,1-6H3,(H2,25,26,27,28);2*1H. The molecule has 2 N–H and O–H groups in total. The van der Waals surface area contributed by atoms with Crippen LogP contribution in [0.5, 0.6) is 0 Å². The van der Waals surface area contributed by atoms with Gasteiger partial charge in [0.05, 0.1) is 10.2 Å². The molecule has 0 aliphatic carbocycles. The van der Waals surface area contributed by atoms with Crippen LogP contribution in [0, 0.1) is 6.92 Å². The van der Waals surface area contributed by atoms with Gasteiger partial charge in [0.2, 0.25) is 5.95 Å². The first-order chi connectivity index (χ1) is 14.3. The minimum Gasteiger partial charge on any atom is -0.369 e. The predicted octanol–water partition coefficient (Wildman–Crippen LogP) is 6.86. The molecule has 0 amide bonds. The monoisotopic (exact) mass is 497 g/mol. The Balaban J connectivity index is 0.00000256. The SMILES string of the molecule is CCN(CC)CCCNc1nc(NC(C)(C)C)nc2cc(-c3ccc(C)cc3)sc12.Cl.Cl. The number of fused-ring (bicyclic) bond motifs is 1. The number of nitrogens with one attached hydrogen (secondary N) is 2. The number of thiophene rings is 1. The Hall–Kier alpha value is -1.60. The van der Waals surface area contributed by atoms with Gasteiger partial charge < -0.3 is 15.5 Å². The van der Waals surface area contributed by atoms with Crippen LogP contribution in [0.15, 0.2) is 30.3 Å². The summed E-state index contributed by atoms with van der Waals surface area (Å²) in [6.07, 6.45) is 1.09. The summed E-state index contributed by atoms with van der Waals surface area (Å²) in [7, 11) is 0. The Morgan fingerprint density at radius 3 is 2.25 bits per heavy atom. The van der Waals surface area contributed by atoms with Crippen LogP contribution in [0.3, 0.4) is 0 Å². The average molecular weight is 499 g/mol. The van der Waals surface area contributed by atoms with E-state index in [1.54, 1.807) is 11.3 Å². The van der Waals surface area contributed by atoms with Crippen LogP contribution < -0.4 is 10.6 Å². The van der Waals surface area contributed by atoms with Crippen molar-refractivity contribution in [1.29, 1.82) is 0 Å². The quantitative estimate of drug-likeness (QED) is 0.316. The molecule has 3 rings (SSSR count). The number of benzene rings is 1. The van der Waals surface area contributed by atoms with Gasteiger partial charge in [-0.05, 0) is 65.4 Å². The highest BCUT2D eigenvalue weighted by atomic mass is 35.5. The number of nitrogens with zero attached hydrogens (tertiary/aromatic N) is 3. The summed E-state index contributed by atoms with van der Waals surface area (Å²) in [6, 6.07) is 10.9. The number of rotatable bonds is 9. The van der Waals surface area contributed by atoms with E-state index < -0.39 is 0 Å². The number of hydrogen-bond acceptors (Lipinski definition) is 6. The van der Waals surface area contributed by atoms with E-state index in [2.05, 4.69) is 87.4 Å². The molecule has 0 bridgehead atoms. The molecule has 2 heterocycles. The summed E-state index contributed by atoms with van der Waals surface area (Å²) in [6.45, 7) is 17.1. The summed E-state index contributed by atoms with van der Waals surface area (Å²) in [5.74, 6) is 1.60. The maximum absolute atomic E-state index is 4.83. The molecular formula is C24H37Cl2N5S. The van der Waals surface area contributed by atoms with Gasteiger partial charge in [-0.2, -0.15) is 4.98 Å². The fourth-order valence-electron chi connectivity index (χ4n) is 3.35. The first-order valence-electron chi connectivity index (χ1n) is 10.9. The van der Waals surface area contributed by atoms with Gasteiger partial charge in [-0.25, -0.2) is 4.98 Å². The van der Waals surface area contributed by atoms with E-state index in [9.17, 15) is 0 Å². The fraction of sp³-hybridized carbons (Fsp3) is 0.500. The van der Waals surface area contributed by atoms with E-state index in [1.807, 2.05) is 0 Å². The van der Waals surface area contributed by atoms with Crippen LogP contribution in [-0.2, 0) is 0 Å². The van der Waals surface area contributed by atoms with Crippen LogP contribution >= 0.6 is 36.2 Å². The third kappa shape index (κ3) is 7.77. The molecule has 5 nitrogen and oxygen atoms in total. The second kappa shape index (κ2) is 12.6. The van der Waals surface area contributed by atoms with Crippen molar-refractivity contribution in [2.75, 3.05) is 36.8 Å². The number of aryl methyl sites for hydroxylation is 1. The summed E-state index contributed by atoms with van der Waals surface area (Å²) >= 11 is 1.76. The first kappa shape index (κ1) is 28.4. The molecule has 3 aromatic rings. The van der Waals surface area contributed by atoms with Crippen molar-refractivity contribution >= 4 is 58.1 Å². The normalized spacial score (nSPS) is 11.2. The van der Waals surface area contributed by atoms with Gasteiger partial charge in [0.15, 0.2) is 0 Å². The molecule has 0 atom stereocenters. The smallest absolute Gasteiger partial charge is 0.225 e. The van der Waals surface area contributed by atoms with Crippen molar-refractivity contribution < 1.29 is 0 Å². The van der Waals surface area contributed by atoms with E-state index >= 15 is 0 Å². The lowest BCUT2D eigenvalue weighted by Gasteiger charge is -2.21. The summed E-state index contributed by atoms with van der Waals surface area (Å²) in [5.41, 5.74) is 3.39. The first-order valence-corrected chi connectivity index (χ1v) is 11.7. The van der Waals surface area contributed by atoms with Crippen molar-refractivity contribution in [2.24, 2.45) is 0 Å². The molecule has 8 heteroatoms. The Labute approximate surface area is 209 Å². The van der Waals surface area contributed by atoms with Crippen molar-refractivity contribution in [1.82, 2.24) is 14.9 Å². The maximum Gasteiger partial charge on any atom is 0.225 e. The van der Waals surface area contributed by atoms with Crippen molar-refractivity contribution in [3.63, 3.8) is 0 Å². The molecule has 1 aromatic carbocycles. The van der Waals surface area contributed by atoms with Gasteiger partial charge in [0.1, 0.15) is 5.82 Å².